The Balaban J connectivity index is 2.34. The molecule has 2 rings (SSSR count). The molecule has 0 fully saturated rings. The predicted molar refractivity (Wildman–Crippen MR) is 64.5 cm³/mol. The Morgan fingerprint density at radius 2 is 2.00 bits per heavy atom. The summed E-state index contributed by atoms with van der Waals surface area (Å²) in [4.78, 5) is 1.11. The van der Waals surface area contributed by atoms with Crippen LogP contribution in [0.15, 0.2) is 24.3 Å². The van der Waals surface area contributed by atoms with E-state index in [2.05, 4.69) is 5.32 Å². The number of benzene rings is 1. The fourth-order valence-electron chi connectivity index (χ4n) is 1.65. The summed E-state index contributed by atoms with van der Waals surface area (Å²) >= 11 is 1.55. The van der Waals surface area contributed by atoms with E-state index in [1.807, 2.05) is 13.1 Å². The third kappa shape index (κ3) is 2.79. The number of rotatable bonds is 3. The molecule has 0 atom stereocenters. The zero-order chi connectivity index (χ0) is 12.5. The van der Waals surface area contributed by atoms with Crippen LogP contribution in [-0.4, -0.2) is 13.6 Å². The molecular formula is C12H12F3NS. The monoisotopic (exact) mass is 259 g/mol. The molecule has 1 nitrogen and oxygen atoms in total. The summed E-state index contributed by atoms with van der Waals surface area (Å²) in [5.74, 6) is 0. The van der Waals surface area contributed by atoms with Gasteiger partial charge in [0, 0.05) is 9.58 Å². The van der Waals surface area contributed by atoms with Crippen LogP contribution >= 0.6 is 11.3 Å². The first kappa shape index (κ1) is 12.4. The van der Waals surface area contributed by atoms with E-state index in [1.54, 1.807) is 17.4 Å². The second-order valence-corrected chi connectivity index (χ2v) is 4.98. The smallest absolute Gasteiger partial charge is 0.319 e. The van der Waals surface area contributed by atoms with Gasteiger partial charge in [0.25, 0.3) is 0 Å². The minimum absolute atomic E-state index is 0.581. The SMILES string of the molecule is CNCCc1cc2cc(C(F)(F)F)ccc2s1. The van der Waals surface area contributed by atoms with Crippen molar-refractivity contribution in [2.45, 2.75) is 12.6 Å². The fourth-order valence-corrected chi connectivity index (χ4v) is 2.69. The molecule has 0 aliphatic carbocycles. The molecule has 5 heteroatoms. The van der Waals surface area contributed by atoms with Crippen molar-refractivity contribution in [1.29, 1.82) is 0 Å². The average molecular weight is 259 g/mol. The van der Waals surface area contributed by atoms with E-state index in [9.17, 15) is 13.2 Å². The summed E-state index contributed by atoms with van der Waals surface area (Å²) in [5.41, 5.74) is -0.581. The Hall–Kier alpha value is -1.07. The van der Waals surface area contributed by atoms with Gasteiger partial charge >= 0.3 is 6.18 Å². The standard InChI is InChI=1S/C12H12F3NS/c1-16-5-4-10-7-8-6-9(12(13,14)15)2-3-11(8)17-10/h2-3,6-7,16H,4-5H2,1H3. The lowest BCUT2D eigenvalue weighted by Crippen LogP contribution is -2.09. The zero-order valence-corrected chi connectivity index (χ0v) is 10.1. The van der Waals surface area contributed by atoms with Gasteiger partial charge in [0.05, 0.1) is 5.56 Å². The third-order valence-corrected chi connectivity index (χ3v) is 3.69. The molecule has 0 radical (unpaired) electrons. The minimum atomic E-state index is -4.26. The first-order valence-corrected chi connectivity index (χ1v) is 6.06. The van der Waals surface area contributed by atoms with E-state index in [0.29, 0.717) is 5.39 Å². The van der Waals surface area contributed by atoms with E-state index in [1.165, 1.54) is 6.07 Å². The molecule has 92 valence electrons. The summed E-state index contributed by atoms with van der Waals surface area (Å²) in [6.45, 7) is 0.832. The van der Waals surface area contributed by atoms with Crippen molar-refractivity contribution >= 4 is 21.4 Å². The molecule has 2 aromatic rings. The number of nitrogens with one attached hydrogen (secondary N) is 1. The van der Waals surface area contributed by atoms with Crippen LogP contribution in [0.5, 0.6) is 0 Å². The highest BCUT2D eigenvalue weighted by atomic mass is 32.1. The number of hydrogen-bond acceptors (Lipinski definition) is 2. The Kier molecular flexibility index (Phi) is 3.40. The number of halogens is 3. The van der Waals surface area contributed by atoms with Crippen molar-refractivity contribution in [3.05, 3.63) is 34.7 Å². The zero-order valence-electron chi connectivity index (χ0n) is 9.27. The summed E-state index contributed by atoms with van der Waals surface area (Å²) in [6, 6.07) is 5.74. The molecule has 1 heterocycles. The maximum Gasteiger partial charge on any atom is 0.416 e. The van der Waals surface area contributed by atoms with E-state index in [4.69, 9.17) is 0 Å². The third-order valence-electron chi connectivity index (χ3n) is 2.52. The van der Waals surface area contributed by atoms with Crippen LogP contribution in [0.25, 0.3) is 10.1 Å². The number of hydrogen-bond donors (Lipinski definition) is 1. The van der Waals surface area contributed by atoms with E-state index in [0.717, 1.165) is 28.6 Å². The number of thiophene rings is 1. The molecule has 1 aromatic carbocycles. The molecule has 0 unspecified atom stereocenters. The number of likely N-dealkylation sites (N-methyl/N-ethyl adjacent to an activating group) is 1. The quantitative estimate of drug-likeness (QED) is 0.886. The molecule has 0 saturated carbocycles. The van der Waals surface area contributed by atoms with Gasteiger partial charge < -0.3 is 5.32 Å². The Labute approximate surface area is 101 Å². The van der Waals surface area contributed by atoms with Crippen molar-refractivity contribution in [2.24, 2.45) is 0 Å². The van der Waals surface area contributed by atoms with Crippen LogP contribution in [0.4, 0.5) is 13.2 Å². The predicted octanol–water partition coefficient (Wildman–Crippen LogP) is 3.68. The van der Waals surface area contributed by atoms with E-state index >= 15 is 0 Å². The van der Waals surface area contributed by atoms with Gasteiger partial charge in [-0.3, -0.25) is 0 Å². The second kappa shape index (κ2) is 4.66. The van der Waals surface area contributed by atoms with Gasteiger partial charge in [0.2, 0.25) is 0 Å². The molecule has 0 aliphatic rings. The fraction of sp³-hybridized carbons (Fsp3) is 0.333. The van der Waals surface area contributed by atoms with Crippen molar-refractivity contribution in [3.8, 4) is 0 Å². The minimum Gasteiger partial charge on any atom is -0.319 e. The molecule has 17 heavy (non-hydrogen) atoms. The summed E-state index contributed by atoms with van der Waals surface area (Å²) in [5, 5.41) is 3.70. The van der Waals surface area contributed by atoms with Crippen molar-refractivity contribution < 1.29 is 13.2 Å². The van der Waals surface area contributed by atoms with Crippen LogP contribution in [0.3, 0.4) is 0 Å². The van der Waals surface area contributed by atoms with Gasteiger partial charge in [-0.1, -0.05) is 0 Å². The highest BCUT2D eigenvalue weighted by molar-refractivity contribution is 7.19. The van der Waals surface area contributed by atoms with Gasteiger partial charge in [-0.15, -0.1) is 11.3 Å². The van der Waals surface area contributed by atoms with Crippen LogP contribution in [-0.2, 0) is 12.6 Å². The molecule has 0 saturated heterocycles. The Morgan fingerprint density at radius 1 is 1.24 bits per heavy atom. The van der Waals surface area contributed by atoms with E-state index < -0.39 is 11.7 Å². The van der Waals surface area contributed by atoms with Crippen LogP contribution in [0.2, 0.25) is 0 Å². The first-order chi connectivity index (χ1) is 8.00. The lowest BCUT2D eigenvalue weighted by atomic mass is 10.1. The maximum atomic E-state index is 12.5. The molecule has 1 N–H and O–H groups in total. The van der Waals surface area contributed by atoms with Crippen LogP contribution < -0.4 is 5.32 Å². The van der Waals surface area contributed by atoms with Crippen LogP contribution in [0, 0.1) is 0 Å². The molecule has 0 bridgehead atoms. The normalized spacial score (nSPS) is 12.2. The average Bonchev–Trinajstić information content (AvgIpc) is 2.66. The van der Waals surface area contributed by atoms with Crippen molar-refractivity contribution in [1.82, 2.24) is 5.32 Å². The lowest BCUT2D eigenvalue weighted by Gasteiger charge is -2.05. The van der Waals surface area contributed by atoms with Gasteiger partial charge in [-0.05, 0) is 49.7 Å². The number of alkyl halides is 3. The molecule has 1 aromatic heterocycles. The Bertz CT molecular complexity index is 516. The molecule has 0 aliphatic heterocycles. The second-order valence-electron chi connectivity index (χ2n) is 3.82. The largest absolute Gasteiger partial charge is 0.416 e. The van der Waals surface area contributed by atoms with E-state index in [-0.39, 0.29) is 0 Å². The first-order valence-electron chi connectivity index (χ1n) is 5.25. The summed E-state index contributed by atoms with van der Waals surface area (Å²) < 4.78 is 38.5. The van der Waals surface area contributed by atoms with Crippen molar-refractivity contribution in [3.63, 3.8) is 0 Å². The molecule has 0 amide bonds. The van der Waals surface area contributed by atoms with Gasteiger partial charge in [0.15, 0.2) is 0 Å². The molecular weight excluding hydrogens is 247 g/mol. The van der Waals surface area contributed by atoms with Gasteiger partial charge in [0.1, 0.15) is 0 Å². The van der Waals surface area contributed by atoms with Gasteiger partial charge in [-0.25, -0.2) is 0 Å². The van der Waals surface area contributed by atoms with Crippen molar-refractivity contribution in [2.75, 3.05) is 13.6 Å². The summed E-state index contributed by atoms with van der Waals surface area (Å²) in [6.07, 6.45) is -3.42. The maximum absolute atomic E-state index is 12.5. The number of fused-ring (bicyclic) bond motifs is 1. The molecule has 0 spiro atoms. The van der Waals surface area contributed by atoms with Gasteiger partial charge in [-0.2, -0.15) is 13.2 Å². The van der Waals surface area contributed by atoms with Crippen LogP contribution in [0.1, 0.15) is 10.4 Å². The highest BCUT2D eigenvalue weighted by Gasteiger charge is 2.30. The highest BCUT2D eigenvalue weighted by Crippen LogP contribution is 2.34. The lowest BCUT2D eigenvalue weighted by molar-refractivity contribution is -0.137. The topological polar surface area (TPSA) is 12.0 Å². The summed E-state index contributed by atoms with van der Waals surface area (Å²) in [7, 11) is 1.86. The Morgan fingerprint density at radius 3 is 2.65 bits per heavy atom.